The second-order valence-corrected chi connectivity index (χ2v) is 8.45. The Morgan fingerprint density at radius 3 is 2.77 bits per heavy atom. The number of benzene rings is 2. The standard InChI is InChI=1S/C21H19ClN4O4S/c1-3-16-20(29)26(15-8-12(22)4-6-17(15)30-16)10-19(28)24-13-5-7-18-14(9-13)25-21(31-18)23-11(2)27/h4-9,16H,3,10H2,1-2H3,(H,24,28)(H,23,25,27). The molecule has 2 aromatic carbocycles. The lowest BCUT2D eigenvalue weighted by molar-refractivity contribution is -0.128. The van der Waals surface area contributed by atoms with Gasteiger partial charge in [-0.05, 0) is 42.8 Å². The van der Waals surface area contributed by atoms with Gasteiger partial charge in [0.15, 0.2) is 11.2 Å². The number of fused-ring (bicyclic) bond motifs is 2. The second-order valence-electron chi connectivity index (χ2n) is 6.98. The Kier molecular flexibility index (Phi) is 5.79. The molecule has 2 heterocycles. The Balaban J connectivity index is 1.53. The van der Waals surface area contributed by atoms with Crippen LogP contribution in [0.3, 0.4) is 0 Å². The van der Waals surface area contributed by atoms with Gasteiger partial charge in [-0.15, -0.1) is 0 Å². The molecule has 31 heavy (non-hydrogen) atoms. The Morgan fingerprint density at radius 1 is 1.23 bits per heavy atom. The molecule has 1 aliphatic heterocycles. The first-order chi connectivity index (χ1) is 14.8. The number of nitrogens with one attached hydrogen (secondary N) is 2. The van der Waals surface area contributed by atoms with E-state index in [1.54, 1.807) is 30.3 Å². The molecule has 3 aromatic rings. The number of amides is 3. The van der Waals surface area contributed by atoms with Crippen LogP contribution in [0, 0.1) is 0 Å². The number of rotatable bonds is 5. The zero-order chi connectivity index (χ0) is 22.1. The monoisotopic (exact) mass is 458 g/mol. The smallest absolute Gasteiger partial charge is 0.268 e. The Bertz CT molecular complexity index is 1200. The van der Waals surface area contributed by atoms with Crippen LogP contribution in [-0.4, -0.2) is 35.4 Å². The molecule has 2 N–H and O–H groups in total. The van der Waals surface area contributed by atoms with E-state index in [9.17, 15) is 14.4 Å². The summed E-state index contributed by atoms with van der Waals surface area (Å²) in [7, 11) is 0. The fourth-order valence-electron chi connectivity index (χ4n) is 3.27. The highest BCUT2D eigenvalue weighted by Gasteiger charge is 2.34. The topological polar surface area (TPSA) is 101 Å². The van der Waals surface area contributed by atoms with E-state index in [2.05, 4.69) is 15.6 Å². The molecule has 1 aliphatic rings. The van der Waals surface area contributed by atoms with Crippen molar-refractivity contribution in [2.45, 2.75) is 26.4 Å². The van der Waals surface area contributed by atoms with E-state index in [0.29, 0.717) is 39.2 Å². The lowest BCUT2D eigenvalue weighted by Gasteiger charge is -2.33. The Hall–Kier alpha value is -3.17. The highest BCUT2D eigenvalue weighted by atomic mass is 35.5. The minimum Gasteiger partial charge on any atom is -0.478 e. The molecule has 10 heteroatoms. The number of hydrogen-bond acceptors (Lipinski definition) is 6. The highest BCUT2D eigenvalue weighted by molar-refractivity contribution is 7.22. The maximum atomic E-state index is 12.8. The molecule has 0 spiro atoms. The molecule has 0 aliphatic carbocycles. The molecule has 160 valence electrons. The van der Waals surface area contributed by atoms with Crippen LogP contribution >= 0.6 is 22.9 Å². The lowest BCUT2D eigenvalue weighted by atomic mass is 10.1. The number of thiazole rings is 1. The molecular weight excluding hydrogens is 440 g/mol. The van der Waals surface area contributed by atoms with Gasteiger partial charge in [0, 0.05) is 17.6 Å². The first-order valence-corrected chi connectivity index (χ1v) is 10.8. The summed E-state index contributed by atoms with van der Waals surface area (Å²) in [5.74, 6) is -0.346. The van der Waals surface area contributed by atoms with Crippen molar-refractivity contribution in [1.82, 2.24) is 4.98 Å². The quantitative estimate of drug-likeness (QED) is 0.600. The number of aromatic nitrogens is 1. The fourth-order valence-corrected chi connectivity index (χ4v) is 4.33. The summed E-state index contributed by atoms with van der Waals surface area (Å²) in [6.07, 6.45) is -0.170. The van der Waals surface area contributed by atoms with Gasteiger partial charge in [-0.25, -0.2) is 4.98 Å². The molecule has 0 fully saturated rings. The molecule has 4 rings (SSSR count). The van der Waals surface area contributed by atoms with Crippen molar-refractivity contribution in [2.24, 2.45) is 0 Å². The van der Waals surface area contributed by atoms with Crippen LogP contribution in [0.5, 0.6) is 5.75 Å². The second kappa shape index (κ2) is 8.52. The number of ether oxygens (including phenoxy) is 1. The van der Waals surface area contributed by atoms with Gasteiger partial charge in [-0.1, -0.05) is 29.9 Å². The van der Waals surface area contributed by atoms with Gasteiger partial charge in [-0.3, -0.25) is 19.3 Å². The van der Waals surface area contributed by atoms with E-state index >= 15 is 0 Å². The van der Waals surface area contributed by atoms with Gasteiger partial charge in [0.1, 0.15) is 12.3 Å². The van der Waals surface area contributed by atoms with Gasteiger partial charge in [0.2, 0.25) is 11.8 Å². The van der Waals surface area contributed by atoms with E-state index in [0.717, 1.165) is 4.70 Å². The van der Waals surface area contributed by atoms with Crippen LogP contribution in [-0.2, 0) is 14.4 Å². The largest absolute Gasteiger partial charge is 0.478 e. The SMILES string of the molecule is CCC1Oc2ccc(Cl)cc2N(CC(=O)Nc2ccc3sc(NC(C)=O)nc3c2)C1=O. The normalized spacial score (nSPS) is 15.4. The zero-order valence-electron chi connectivity index (χ0n) is 16.8. The van der Waals surface area contributed by atoms with Crippen molar-refractivity contribution < 1.29 is 19.1 Å². The van der Waals surface area contributed by atoms with Crippen molar-refractivity contribution in [2.75, 3.05) is 22.1 Å². The summed E-state index contributed by atoms with van der Waals surface area (Å²) >= 11 is 7.43. The predicted molar refractivity (Wildman–Crippen MR) is 121 cm³/mol. The van der Waals surface area contributed by atoms with E-state index in [1.807, 2.05) is 13.0 Å². The summed E-state index contributed by atoms with van der Waals surface area (Å²) in [6.45, 7) is 3.08. The number of nitrogens with zero attached hydrogens (tertiary/aromatic N) is 2. The minimum atomic E-state index is -0.653. The van der Waals surface area contributed by atoms with Crippen molar-refractivity contribution >= 4 is 67.4 Å². The first-order valence-electron chi connectivity index (χ1n) is 9.59. The van der Waals surface area contributed by atoms with Crippen molar-refractivity contribution in [3.05, 3.63) is 41.4 Å². The fraction of sp³-hybridized carbons (Fsp3) is 0.238. The molecule has 8 nitrogen and oxygen atoms in total. The van der Waals surface area contributed by atoms with Crippen molar-refractivity contribution in [3.63, 3.8) is 0 Å². The van der Waals surface area contributed by atoms with Crippen LogP contribution in [0.1, 0.15) is 20.3 Å². The molecule has 0 bridgehead atoms. The van der Waals surface area contributed by atoms with Crippen molar-refractivity contribution in [3.8, 4) is 5.75 Å². The van der Waals surface area contributed by atoms with Gasteiger partial charge in [0.05, 0.1) is 15.9 Å². The van der Waals surface area contributed by atoms with Gasteiger partial charge >= 0.3 is 0 Å². The Morgan fingerprint density at radius 2 is 2.03 bits per heavy atom. The highest BCUT2D eigenvalue weighted by Crippen LogP contribution is 2.36. The average molecular weight is 459 g/mol. The zero-order valence-corrected chi connectivity index (χ0v) is 18.3. The van der Waals surface area contributed by atoms with Crippen LogP contribution in [0.15, 0.2) is 36.4 Å². The summed E-state index contributed by atoms with van der Waals surface area (Å²) in [5, 5.41) is 6.39. The molecule has 0 saturated carbocycles. The average Bonchev–Trinajstić information content (AvgIpc) is 3.10. The Labute approximate surface area is 187 Å². The van der Waals surface area contributed by atoms with Crippen LogP contribution < -0.4 is 20.3 Å². The maximum absolute atomic E-state index is 12.8. The number of carbonyl (C=O) groups is 3. The van der Waals surface area contributed by atoms with Gasteiger partial charge < -0.3 is 15.4 Å². The summed E-state index contributed by atoms with van der Waals surface area (Å²) in [6, 6.07) is 10.3. The van der Waals surface area contributed by atoms with Gasteiger partial charge in [-0.2, -0.15) is 0 Å². The van der Waals surface area contributed by atoms with Crippen LogP contribution in [0.2, 0.25) is 5.02 Å². The third kappa shape index (κ3) is 4.47. The van der Waals surface area contributed by atoms with Crippen LogP contribution in [0.25, 0.3) is 10.2 Å². The maximum Gasteiger partial charge on any atom is 0.268 e. The predicted octanol–water partition coefficient (Wildman–Crippen LogP) is 4.05. The third-order valence-electron chi connectivity index (χ3n) is 4.65. The first kappa shape index (κ1) is 21.1. The van der Waals surface area contributed by atoms with E-state index in [-0.39, 0.29) is 24.3 Å². The molecule has 1 aromatic heterocycles. The number of carbonyl (C=O) groups excluding carboxylic acids is 3. The summed E-state index contributed by atoms with van der Waals surface area (Å²) in [5.41, 5.74) is 1.65. The van der Waals surface area contributed by atoms with Crippen molar-refractivity contribution in [1.29, 1.82) is 0 Å². The minimum absolute atomic E-state index is 0.182. The van der Waals surface area contributed by atoms with E-state index in [1.165, 1.54) is 23.2 Å². The summed E-state index contributed by atoms with van der Waals surface area (Å²) in [4.78, 5) is 42.5. The molecule has 0 radical (unpaired) electrons. The van der Waals surface area contributed by atoms with Crippen LogP contribution in [0.4, 0.5) is 16.5 Å². The lowest BCUT2D eigenvalue weighted by Crippen LogP contribution is -2.48. The third-order valence-corrected chi connectivity index (χ3v) is 5.84. The van der Waals surface area contributed by atoms with E-state index in [4.69, 9.17) is 16.3 Å². The van der Waals surface area contributed by atoms with E-state index < -0.39 is 6.10 Å². The van der Waals surface area contributed by atoms with Gasteiger partial charge in [0.25, 0.3) is 5.91 Å². The number of hydrogen-bond donors (Lipinski definition) is 2. The number of anilines is 3. The molecular formula is C21H19ClN4O4S. The molecule has 3 amide bonds. The molecule has 1 unspecified atom stereocenters. The molecule has 0 saturated heterocycles. The number of halogens is 1. The summed E-state index contributed by atoms with van der Waals surface area (Å²) < 4.78 is 6.61. The molecule has 1 atom stereocenters.